The third-order valence-corrected chi connectivity index (χ3v) is 15.1. The van der Waals surface area contributed by atoms with E-state index in [4.69, 9.17) is 42.1 Å². The van der Waals surface area contributed by atoms with Crippen LogP contribution in [-0.4, -0.2) is 119 Å². The van der Waals surface area contributed by atoms with Crippen molar-refractivity contribution in [1.82, 2.24) is 40.8 Å². The van der Waals surface area contributed by atoms with E-state index in [1.54, 1.807) is 0 Å². The molecule has 17 nitrogen and oxygen atoms in total. The van der Waals surface area contributed by atoms with E-state index in [0.29, 0.717) is 51.2 Å². The monoisotopic (exact) mass is 962 g/mol. The molecule has 3 amide bonds. The van der Waals surface area contributed by atoms with E-state index in [9.17, 15) is 19.2 Å². The van der Waals surface area contributed by atoms with Crippen molar-refractivity contribution in [2.45, 2.75) is 87.6 Å². The van der Waals surface area contributed by atoms with Gasteiger partial charge in [0.1, 0.15) is 23.7 Å². The molecule has 6 fully saturated rings. The summed E-state index contributed by atoms with van der Waals surface area (Å²) < 4.78 is 19.8. The van der Waals surface area contributed by atoms with E-state index in [2.05, 4.69) is 60.7 Å². The lowest BCUT2D eigenvalue weighted by molar-refractivity contribution is -0.142. The molecule has 0 radical (unpaired) electrons. The molecule has 2 aliphatic carbocycles. The molecular formula is C54H58N8O9. The molecule has 12 rings (SSSR count). The van der Waals surface area contributed by atoms with E-state index in [1.165, 1.54) is 27.1 Å². The molecule has 4 aromatic carbocycles. The molecule has 2 saturated carbocycles. The summed E-state index contributed by atoms with van der Waals surface area (Å²) in [5.74, 6) is 7.42. The predicted octanol–water partition coefficient (Wildman–Crippen LogP) is 6.85. The van der Waals surface area contributed by atoms with Crippen LogP contribution in [0.15, 0.2) is 60.7 Å². The Labute approximate surface area is 410 Å². The number of ether oxygens (including phenoxy) is 4. The van der Waals surface area contributed by atoms with Crippen molar-refractivity contribution < 1.29 is 43.2 Å². The molecule has 368 valence electrons. The number of aromatic amines is 2. The fourth-order valence-electron chi connectivity index (χ4n) is 11.1. The molecule has 4 aliphatic heterocycles. The smallest absolute Gasteiger partial charge is 0.407 e. The van der Waals surface area contributed by atoms with Crippen molar-refractivity contribution in [1.29, 1.82) is 0 Å². The predicted molar refractivity (Wildman–Crippen MR) is 265 cm³/mol. The number of likely N-dealkylation sites (tertiary alicyclic amines) is 1. The largest absolute Gasteiger partial charge is 0.480 e. The van der Waals surface area contributed by atoms with Crippen molar-refractivity contribution in [3.63, 3.8) is 0 Å². The van der Waals surface area contributed by atoms with E-state index >= 15 is 0 Å². The van der Waals surface area contributed by atoms with Gasteiger partial charge in [-0.25, -0.2) is 24.4 Å². The molecule has 8 atom stereocenters. The number of nitrogens with zero attached hydrogens (tertiary/aromatic N) is 3. The highest BCUT2D eigenvalue weighted by Crippen LogP contribution is 2.54. The molecule has 6 N–H and O–H groups in total. The minimum Gasteiger partial charge on any atom is -0.480 e. The van der Waals surface area contributed by atoms with Gasteiger partial charge in [-0.1, -0.05) is 36.1 Å². The molecule has 6 heterocycles. The SMILES string of the molecule is C#Cc1ccc2c(ccc3[nH]c([C@@H]4C[C@H]5C[C@H]5N4)nc32)c1.C#Cc1ccc2c(ccc3[nH]c([C@@H]4C[C@H]5C[C@H]5N4C(=O)[C@@H](NC(=O)OC)C4CCOCC4)nc32)c1.COC(=O)N[C@H](C(=O)O)C1CCOCC1. The number of carboxylic acid groups (broad SMARTS) is 1. The number of carbonyl (C=O) groups is 4. The first-order chi connectivity index (χ1) is 34.5. The molecule has 4 saturated heterocycles. The standard InChI is InChI=1S/C27H28N4O4.C18H15N3.C9H15NO5/c1-3-15-4-6-19-17(12-15)5-7-20-24(19)29-25(28-20)22-14-18-13-21(18)31(22)26(32)23(30-27(33)34-2)16-8-10-35-11-9-16;1-2-10-3-5-13-11(7-10)4-6-14-17(13)21-18(20-14)16-9-12-8-15(12)19-16;1-14-9(13)10-7(8(11)12)6-2-4-15-5-3-6/h1,4-7,12,16,18,21-23H,8-11,13-14H2,2H3,(H,28,29)(H,30,33);1,3-7,12,15-16,19H,8-9H2,(H,20,21);6-7H,2-5H2,1H3,(H,10,13)(H,11,12)/t18-,21-,22+,23+;12-,15-,16+;7-/m110/s1. The van der Waals surface area contributed by atoms with Crippen LogP contribution in [0.4, 0.5) is 9.59 Å². The Kier molecular flexibility index (Phi) is 13.6. The summed E-state index contributed by atoms with van der Waals surface area (Å²) in [6, 6.07) is 19.9. The van der Waals surface area contributed by atoms with Crippen LogP contribution in [0.5, 0.6) is 0 Å². The van der Waals surface area contributed by atoms with Gasteiger partial charge in [0.15, 0.2) is 0 Å². The number of carbonyl (C=O) groups excluding carboxylic acids is 3. The fourth-order valence-corrected chi connectivity index (χ4v) is 11.1. The second kappa shape index (κ2) is 20.3. The van der Waals surface area contributed by atoms with Gasteiger partial charge >= 0.3 is 18.2 Å². The van der Waals surface area contributed by atoms with E-state index in [0.717, 1.165) is 104 Å². The van der Waals surface area contributed by atoms with Crippen LogP contribution in [0, 0.1) is 48.4 Å². The number of rotatable bonds is 8. The Morgan fingerprint density at radius 2 is 1.24 bits per heavy atom. The van der Waals surface area contributed by atoms with Crippen LogP contribution in [0.3, 0.4) is 0 Å². The second-order valence-corrected chi connectivity index (χ2v) is 19.4. The highest BCUT2D eigenvalue weighted by atomic mass is 16.5. The molecule has 6 aliphatic rings. The number of piperidine rings is 2. The maximum atomic E-state index is 14.0. The highest BCUT2D eigenvalue weighted by molar-refractivity contribution is 6.05. The van der Waals surface area contributed by atoms with Gasteiger partial charge in [0.05, 0.1) is 48.4 Å². The molecule has 17 heteroatoms. The molecule has 0 bridgehead atoms. The Bertz CT molecular complexity index is 3080. The Morgan fingerprint density at radius 1 is 0.704 bits per heavy atom. The summed E-state index contributed by atoms with van der Waals surface area (Å²) >= 11 is 0. The Morgan fingerprint density at radius 3 is 1.76 bits per heavy atom. The summed E-state index contributed by atoms with van der Waals surface area (Å²) in [6.07, 6.45) is 16.9. The minimum absolute atomic E-state index is 0.0127. The van der Waals surface area contributed by atoms with E-state index in [-0.39, 0.29) is 29.8 Å². The number of aromatic nitrogens is 4. The molecule has 0 unspecified atom stereocenters. The van der Waals surface area contributed by atoms with Crippen LogP contribution in [-0.2, 0) is 28.5 Å². The van der Waals surface area contributed by atoms with Crippen LogP contribution in [0.1, 0.15) is 86.2 Å². The number of amides is 3. The lowest BCUT2D eigenvalue weighted by Gasteiger charge is -2.35. The summed E-state index contributed by atoms with van der Waals surface area (Å²) in [5, 5.41) is 22.1. The zero-order valence-electron chi connectivity index (χ0n) is 39.7. The first-order valence-corrected chi connectivity index (χ1v) is 24.5. The quantitative estimate of drug-likeness (QED) is 0.0863. The Balaban J connectivity index is 0.000000137. The number of carboxylic acids is 1. The van der Waals surface area contributed by atoms with Gasteiger partial charge in [-0.05, 0) is 122 Å². The van der Waals surface area contributed by atoms with Crippen LogP contribution < -0.4 is 16.0 Å². The van der Waals surface area contributed by atoms with Crippen molar-refractivity contribution in [2.75, 3.05) is 40.6 Å². The topological polar surface area (TPSA) is 222 Å². The van der Waals surface area contributed by atoms with Gasteiger partial charge < -0.3 is 54.9 Å². The number of alkyl carbamates (subject to hydrolysis) is 2. The number of hydrogen-bond acceptors (Lipinski definition) is 11. The number of fused-ring (bicyclic) bond motifs is 8. The maximum Gasteiger partial charge on any atom is 0.407 e. The Hall–Kier alpha value is -7.18. The molecule has 6 aromatic rings. The van der Waals surface area contributed by atoms with Crippen LogP contribution in [0.2, 0.25) is 0 Å². The zero-order valence-corrected chi connectivity index (χ0v) is 39.7. The van der Waals surface area contributed by atoms with Gasteiger partial charge in [-0.15, -0.1) is 12.8 Å². The van der Waals surface area contributed by atoms with Gasteiger partial charge in [-0.3, -0.25) is 4.79 Å². The van der Waals surface area contributed by atoms with Crippen LogP contribution in [0.25, 0.3) is 43.6 Å². The molecule has 71 heavy (non-hydrogen) atoms. The van der Waals surface area contributed by atoms with Gasteiger partial charge in [0, 0.05) is 60.4 Å². The van der Waals surface area contributed by atoms with E-state index in [1.807, 2.05) is 47.4 Å². The lowest BCUT2D eigenvalue weighted by atomic mass is 9.90. The van der Waals surface area contributed by atoms with Crippen molar-refractivity contribution in [2.24, 2.45) is 23.7 Å². The summed E-state index contributed by atoms with van der Waals surface area (Å²) in [4.78, 5) is 66.8. The second-order valence-electron chi connectivity index (χ2n) is 19.4. The number of nitrogens with one attached hydrogen (secondary N) is 5. The van der Waals surface area contributed by atoms with Gasteiger partial charge in [-0.2, -0.15) is 0 Å². The third-order valence-electron chi connectivity index (χ3n) is 15.1. The number of aliphatic carboxylic acids is 1. The van der Waals surface area contributed by atoms with Crippen LogP contribution >= 0.6 is 0 Å². The number of H-pyrrole nitrogens is 2. The summed E-state index contributed by atoms with van der Waals surface area (Å²) in [7, 11) is 2.53. The van der Waals surface area contributed by atoms with E-state index < -0.39 is 30.2 Å². The van der Waals surface area contributed by atoms with Crippen molar-refractivity contribution in [3.05, 3.63) is 83.4 Å². The first kappa shape index (κ1) is 47.5. The maximum absolute atomic E-state index is 14.0. The number of benzene rings is 4. The highest BCUT2D eigenvalue weighted by Gasteiger charge is 2.57. The molecule has 0 spiro atoms. The fraction of sp³-hybridized carbons (Fsp3) is 0.444. The minimum atomic E-state index is -1.03. The average molecular weight is 963 g/mol. The van der Waals surface area contributed by atoms with Gasteiger partial charge in [0.25, 0.3) is 0 Å². The summed E-state index contributed by atoms with van der Waals surface area (Å²) in [5.41, 5.74) is 5.71. The number of hydrogen-bond donors (Lipinski definition) is 6. The number of imidazole rings is 2. The molecule has 2 aromatic heterocycles. The first-order valence-electron chi connectivity index (χ1n) is 24.5. The molecular weight excluding hydrogens is 905 g/mol. The van der Waals surface area contributed by atoms with Crippen molar-refractivity contribution in [3.8, 4) is 24.7 Å². The zero-order chi connectivity index (χ0) is 49.3. The average Bonchev–Trinajstić information content (AvgIpc) is 4.00. The normalized spacial score (nSPS) is 24.2. The van der Waals surface area contributed by atoms with Gasteiger partial charge in [0.2, 0.25) is 5.91 Å². The lowest BCUT2D eigenvalue weighted by Crippen LogP contribution is -2.54. The van der Waals surface area contributed by atoms with Crippen molar-refractivity contribution >= 4 is 67.7 Å². The summed E-state index contributed by atoms with van der Waals surface area (Å²) in [6.45, 7) is 2.25. The third kappa shape index (κ3) is 9.95. The number of methoxy groups -OCH3 is 2. The number of terminal acetylenes is 2.